The van der Waals surface area contributed by atoms with E-state index in [1.807, 2.05) is 4.90 Å². The fourth-order valence-corrected chi connectivity index (χ4v) is 5.06. The van der Waals surface area contributed by atoms with Crippen molar-refractivity contribution in [2.75, 3.05) is 36.5 Å². The number of hydrogen-bond acceptors (Lipinski definition) is 6. The van der Waals surface area contributed by atoms with Crippen molar-refractivity contribution >= 4 is 28.1 Å². The molecule has 0 unspecified atom stereocenters. The molecule has 1 aliphatic heterocycles. The van der Waals surface area contributed by atoms with Gasteiger partial charge < -0.3 is 15.0 Å². The van der Waals surface area contributed by atoms with Crippen molar-refractivity contribution in [1.82, 2.24) is 15.0 Å². The van der Waals surface area contributed by atoms with Crippen LogP contribution in [0.15, 0.2) is 67.0 Å². The lowest BCUT2D eigenvalue weighted by Crippen LogP contribution is -2.36. The summed E-state index contributed by atoms with van der Waals surface area (Å²) in [5.41, 5.74) is 1.61. The second-order valence-corrected chi connectivity index (χ2v) is 9.81. The lowest BCUT2D eigenvalue weighted by molar-refractivity contribution is 0.122. The number of pyridine rings is 3. The maximum absolute atomic E-state index is 15.4. The highest BCUT2D eigenvalue weighted by Gasteiger charge is 2.23. The van der Waals surface area contributed by atoms with Crippen LogP contribution in [0.25, 0.3) is 33.4 Å². The number of alkyl halides is 2. The van der Waals surface area contributed by atoms with Gasteiger partial charge in [0.1, 0.15) is 23.3 Å². The van der Waals surface area contributed by atoms with E-state index in [1.54, 1.807) is 37.4 Å². The maximum atomic E-state index is 15.4. The van der Waals surface area contributed by atoms with Gasteiger partial charge in [0.15, 0.2) is 0 Å². The average molecular weight is 578 g/mol. The van der Waals surface area contributed by atoms with Crippen LogP contribution in [0.5, 0.6) is 0 Å². The van der Waals surface area contributed by atoms with Gasteiger partial charge in [-0.2, -0.15) is 0 Å². The predicted molar refractivity (Wildman–Crippen MR) is 151 cm³/mol. The third-order valence-corrected chi connectivity index (χ3v) is 7.17. The minimum atomic E-state index is -2.82. The number of hydrogen-bond donors (Lipinski definition) is 1. The Bertz CT molecular complexity index is 1780. The third-order valence-electron chi connectivity index (χ3n) is 7.17. The first-order valence-electron chi connectivity index (χ1n) is 13.2. The molecule has 214 valence electrons. The first kappa shape index (κ1) is 27.5. The molecule has 0 spiro atoms. The zero-order valence-corrected chi connectivity index (χ0v) is 22.3. The van der Waals surface area contributed by atoms with E-state index in [4.69, 9.17) is 4.74 Å². The highest BCUT2D eigenvalue weighted by Crippen LogP contribution is 2.41. The van der Waals surface area contributed by atoms with Gasteiger partial charge in [0, 0.05) is 65.9 Å². The average Bonchev–Trinajstić information content (AvgIpc) is 2.99. The molecule has 4 heterocycles. The molecule has 2 aromatic carbocycles. The van der Waals surface area contributed by atoms with Crippen molar-refractivity contribution in [1.29, 1.82) is 0 Å². The summed E-state index contributed by atoms with van der Waals surface area (Å²) < 4.78 is 77.6. The van der Waals surface area contributed by atoms with E-state index in [1.165, 1.54) is 6.20 Å². The van der Waals surface area contributed by atoms with Gasteiger partial charge in [-0.3, -0.25) is 4.98 Å². The summed E-state index contributed by atoms with van der Waals surface area (Å²) in [5, 5.41) is 3.23. The molecule has 1 aliphatic rings. The van der Waals surface area contributed by atoms with Crippen molar-refractivity contribution in [3.63, 3.8) is 0 Å². The summed E-state index contributed by atoms with van der Waals surface area (Å²) in [6, 6.07) is 11.8. The number of fused-ring (bicyclic) bond motifs is 1. The number of nitrogens with zero attached hydrogens (tertiary/aromatic N) is 4. The fraction of sp³-hybridized carbons (Fsp3) is 0.194. The van der Waals surface area contributed by atoms with Crippen LogP contribution in [0.4, 0.5) is 39.1 Å². The molecule has 0 atom stereocenters. The van der Waals surface area contributed by atoms with Gasteiger partial charge in [-0.15, -0.1) is 0 Å². The fourth-order valence-electron chi connectivity index (χ4n) is 5.06. The smallest absolute Gasteiger partial charge is 0.263 e. The molecule has 1 saturated heterocycles. The Morgan fingerprint density at radius 1 is 0.905 bits per heavy atom. The largest absolute Gasteiger partial charge is 0.378 e. The topological polar surface area (TPSA) is 63.2 Å². The van der Waals surface area contributed by atoms with Crippen LogP contribution in [0.3, 0.4) is 0 Å². The van der Waals surface area contributed by atoms with Crippen LogP contribution in [-0.2, 0) is 4.74 Å². The monoisotopic (exact) mass is 577 g/mol. The lowest BCUT2D eigenvalue weighted by Gasteiger charge is -2.29. The first-order chi connectivity index (χ1) is 20.3. The lowest BCUT2D eigenvalue weighted by atomic mass is 10.00. The predicted octanol–water partition coefficient (Wildman–Crippen LogP) is 7.60. The van der Waals surface area contributed by atoms with E-state index in [0.717, 1.165) is 30.3 Å². The molecular weight excluding hydrogens is 553 g/mol. The molecule has 0 amide bonds. The van der Waals surface area contributed by atoms with Crippen LogP contribution in [0, 0.1) is 24.4 Å². The Morgan fingerprint density at radius 3 is 2.45 bits per heavy atom. The van der Waals surface area contributed by atoms with E-state index in [-0.39, 0.29) is 39.0 Å². The maximum Gasteiger partial charge on any atom is 0.263 e. The van der Waals surface area contributed by atoms with Gasteiger partial charge in [-0.05, 0) is 31.2 Å². The number of ether oxygens (including phenoxy) is 1. The molecule has 1 fully saturated rings. The second-order valence-electron chi connectivity index (χ2n) is 9.81. The summed E-state index contributed by atoms with van der Waals surface area (Å²) >= 11 is 0. The van der Waals surface area contributed by atoms with Gasteiger partial charge in [-0.1, -0.05) is 12.1 Å². The Hall–Kier alpha value is -4.64. The molecule has 6 rings (SSSR count). The summed E-state index contributed by atoms with van der Waals surface area (Å²) in [4.78, 5) is 15.4. The normalized spacial score (nSPS) is 13.6. The van der Waals surface area contributed by atoms with Gasteiger partial charge >= 0.3 is 0 Å². The van der Waals surface area contributed by atoms with E-state index < -0.39 is 23.9 Å². The van der Waals surface area contributed by atoms with Gasteiger partial charge in [0.2, 0.25) is 0 Å². The van der Waals surface area contributed by atoms with E-state index in [2.05, 4.69) is 20.3 Å². The van der Waals surface area contributed by atoms with E-state index >= 15 is 8.78 Å². The number of halogens is 5. The molecule has 11 heteroatoms. The van der Waals surface area contributed by atoms with Gasteiger partial charge in [0.25, 0.3) is 6.43 Å². The Balaban J connectivity index is 1.59. The van der Waals surface area contributed by atoms with Crippen molar-refractivity contribution in [3.8, 4) is 22.5 Å². The zero-order valence-electron chi connectivity index (χ0n) is 22.3. The molecule has 6 nitrogen and oxygen atoms in total. The number of anilines is 3. The molecule has 3 aromatic heterocycles. The third kappa shape index (κ3) is 5.23. The van der Waals surface area contributed by atoms with E-state index in [0.29, 0.717) is 49.1 Å². The number of aromatic nitrogens is 3. The molecule has 0 aliphatic carbocycles. The van der Waals surface area contributed by atoms with Crippen LogP contribution in [0.1, 0.15) is 17.6 Å². The molecule has 42 heavy (non-hydrogen) atoms. The Morgan fingerprint density at radius 2 is 1.71 bits per heavy atom. The molecular formula is C31H24F5N5O. The zero-order chi connectivity index (χ0) is 29.4. The number of nitrogens with one attached hydrogen (secondary N) is 1. The molecule has 1 N–H and O–H groups in total. The minimum Gasteiger partial charge on any atom is -0.378 e. The standard InChI is InChI=1S/C31H24F5N5O/c1-17-29(24-4-2-3-7-37-24)40-26-14-19(32)13-23(34)28(26)30(17)39-25-15-27(41-8-10-42-11-9-41)38-16-21(25)20-12-18(31(35)36)5-6-22(20)33/h2-7,12-16,31H,8-11H2,1H3,(H,38,39,40). The number of rotatable bonds is 6. The molecule has 0 radical (unpaired) electrons. The summed E-state index contributed by atoms with van der Waals surface area (Å²) in [6.45, 7) is 3.78. The summed E-state index contributed by atoms with van der Waals surface area (Å²) in [7, 11) is 0. The molecule has 0 saturated carbocycles. The van der Waals surface area contributed by atoms with Crippen molar-refractivity contribution in [2.24, 2.45) is 0 Å². The highest BCUT2D eigenvalue weighted by atomic mass is 19.3. The van der Waals surface area contributed by atoms with Gasteiger partial charge in [0.05, 0.1) is 46.9 Å². The Kier molecular flexibility index (Phi) is 7.42. The second kappa shape index (κ2) is 11.3. The molecule has 5 aromatic rings. The number of benzene rings is 2. The SMILES string of the molecule is Cc1c(-c2ccccn2)nc2cc(F)cc(F)c2c1Nc1cc(N2CCOCC2)ncc1-c1cc(C(F)F)ccc1F. The minimum absolute atomic E-state index is 0.00562. The Labute approximate surface area is 237 Å². The highest BCUT2D eigenvalue weighted by molar-refractivity contribution is 5.99. The molecule has 0 bridgehead atoms. The van der Waals surface area contributed by atoms with Crippen molar-refractivity contribution in [2.45, 2.75) is 13.3 Å². The van der Waals surface area contributed by atoms with Crippen molar-refractivity contribution < 1.29 is 26.7 Å². The van der Waals surface area contributed by atoms with Crippen LogP contribution < -0.4 is 10.2 Å². The summed E-state index contributed by atoms with van der Waals surface area (Å²) in [6.07, 6.45) is 0.154. The van der Waals surface area contributed by atoms with Crippen LogP contribution in [0.2, 0.25) is 0 Å². The van der Waals surface area contributed by atoms with Crippen molar-refractivity contribution in [3.05, 3.63) is 95.6 Å². The van der Waals surface area contributed by atoms with Gasteiger partial charge in [-0.25, -0.2) is 31.9 Å². The number of morpholine rings is 1. The summed E-state index contributed by atoms with van der Waals surface area (Å²) in [5.74, 6) is -1.87. The van der Waals surface area contributed by atoms with Crippen LogP contribution in [-0.4, -0.2) is 41.3 Å². The van der Waals surface area contributed by atoms with Crippen LogP contribution >= 0.6 is 0 Å². The quantitative estimate of drug-likeness (QED) is 0.210. The first-order valence-corrected chi connectivity index (χ1v) is 13.2. The van der Waals surface area contributed by atoms with E-state index in [9.17, 15) is 13.2 Å².